The Bertz CT molecular complexity index is 1240. The van der Waals surface area contributed by atoms with Crippen LogP contribution in [0.15, 0.2) is 0 Å². The molecule has 8 fully saturated rings. The summed E-state index contributed by atoms with van der Waals surface area (Å²) in [6, 6.07) is 0. The fraction of sp³-hybridized carbons (Fsp3) is 0.947. The quantitative estimate of drug-likeness (QED) is 0.209. The van der Waals surface area contributed by atoms with Crippen LogP contribution in [0.5, 0.6) is 0 Å². The average Bonchev–Trinajstić information content (AvgIpc) is 3.47. The third-order valence-electron chi connectivity index (χ3n) is 16.7. The first-order chi connectivity index (χ1) is 21.9. The maximum atomic E-state index is 12.4. The third kappa shape index (κ3) is 7.95. The van der Waals surface area contributed by atoms with E-state index in [1.165, 1.54) is 51.4 Å². The van der Waals surface area contributed by atoms with Crippen LogP contribution in [0.1, 0.15) is 143 Å². The minimum absolute atomic E-state index is 0. The minimum Gasteiger partial charge on any atom is -0.759 e. The molecule has 8 nitrogen and oxygen atoms in total. The minimum atomic E-state index is -5.17. The molecule has 0 aliphatic heterocycles. The molecule has 0 amide bonds. The van der Waals surface area contributed by atoms with Crippen molar-refractivity contribution in [2.75, 3.05) is 0 Å². The summed E-state index contributed by atoms with van der Waals surface area (Å²) in [5.41, 5.74) is 0.904. The van der Waals surface area contributed by atoms with E-state index in [4.69, 9.17) is 17.5 Å². The predicted octanol–water partition coefficient (Wildman–Crippen LogP) is 0.588. The van der Waals surface area contributed by atoms with E-state index >= 15 is 0 Å². The molecule has 14 atom stereocenters. The van der Waals surface area contributed by atoms with Crippen LogP contribution >= 0.6 is 0 Å². The molecule has 8 rings (SSSR count). The van der Waals surface area contributed by atoms with Crippen LogP contribution in [-0.4, -0.2) is 51.5 Å². The molecular weight excluding hydrogens is 662 g/mol. The van der Waals surface area contributed by atoms with Crippen molar-refractivity contribution in [3.8, 4) is 0 Å². The number of Topliss-reactive ketones (excluding diaryl/α,β-unsaturated/α-hetero) is 2. The van der Waals surface area contributed by atoms with Gasteiger partial charge in [0.15, 0.2) is 0 Å². The summed E-state index contributed by atoms with van der Waals surface area (Å²) in [7, 11) is -5.17. The number of hydrogen-bond donors (Lipinski definition) is 2. The van der Waals surface area contributed by atoms with Gasteiger partial charge in [0.2, 0.25) is 0 Å². The fourth-order valence-corrected chi connectivity index (χ4v) is 14.0. The largest absolute Gasteiger partial charge is 1.00 e. The zero-order valence-electron chi connectivity index (χ0n) is 31.3. The van der Waals surface area contributed by atoms with E-state index in [1.54, 1.807) is 0 Å². The van der Waals surface area contributed by atoms with Crippen LogP contribution in [0, 0.1) is 69.0 Å². The average molecular weight is 723 g/mol. The van der Waals surface area contributed by atoms with Crippen LogP contribution in [0.25, 0.3) is 0 Å². The summed E-state index contributed by atoms with van der Waals surface area (Å²) < 4.78 is 34.1. The van der Waals surface area contributed by atoms with Crippen LogP contribution in [0.2, 0.25) is 0 Å². The smallest absolute Gasteiger partial charge is 0.759 e. The summed E-state index contributed by atoms with van der Waals surface area (Å²) in [4.78, 5) is 24.8. The number of aliphatic hydroxyl groups excluding tert-OH is 2. The zero-order valence-corrected chi connectivity index (χ0v) is 36.1. The van der Waals surface area contributed by atoms with Crippen LogP contribution in [-0.2, 0) is 20.0 Å². The van der Waals surface area contributed by atoms with Gasteiger partial charge in [-0.05, 0) is 161 Å². The van der Waals surface area contributed by atoms with E-state index in [2.05, 4.69) is 27.7 Å². The zero-order chi connectivity index (χ0) is 34.2. The van der Waals surface area contributed by atoms with Gasteiger partial charge in [-0.2, -0.15) is 0 Å². The number of carbonyl (C=O) groups excluding carboxylic acids is 2. The molecule has 11 heteroatoms. The van der Waals surface area contributed by atoms with Gasteiger partial charge >= 0.3 is 59.1 Å². The van der Waals surface area contributed by atoms with E-state index < -0.39 is 10.4 Å². The van der Waals surface area contributed by atoms with Crippen LogP contribution < -0.4 is 59.1 Å². The second-order valence-electron chi connectivity index (χ2n) is 18.4. The number of fused-ring (bicyclic) bond motifs is 10. The summed E-state index contributed by atoms with van der Waals surface area (Å²) in [5, 5.41) is 20.1. The summed E-state index contributed by atoms with van der Waals surface area (Å²) in [6.07, 6.45) is 20.3. The van der Waals surface area contributed by atoms with Gasteiger partial charge in [-0.15, -0.1) is 0 Å². The molecule has 0 spiro atoms. The Morgan fingerprint density at radius 1 is 0.551 bits per heavy atom. The maximum Gasteiger partial charge on any atom is 1.00 e. The third-order valence-corrected chi connectivity index (χ3v) is 16.7. The molecule has 0 aromatic rings. The van der Waals surface area contributed by atoms with Gasteiger partial charge < -0.3 is 19.3 Å². The number of hydrogen-bond acceptors (Lipinski definition) is 8. The van der Waals surface area contributed by atoms with E-state index in [0.29, 0.717) is 34.2 Å². The molecule has 268 valence electrons. The Labute approximate surface area is 340 Å². The SMILES string of the molecule is C[C@]12CC[C@@H](O)CC1CCC1C2CC[C@]2(C)C(=O)CCC12.C[C@]12CC[C@@H](O)CC1CC[C@@H]1C3CCC(=O)[C@@]3(C)CC[C@H]12.O=S(=O)([O-])[O-].[Na+].[Na+]. The number of rotatable bonds is 0. The van der Waals surface area contributed by atoms with Crippen molar-refractivity contribution in [2.45, 2.75) is 155 Å². The number of ketones is 2. The Balaban J connectivity index is 0.000000188. The molecule has 6 unspecified atom stereocenters. The first kappa shape index (κ1) is 42.9. The summed E-state index contributed by atoms with van der Waals surface area (Å²) in [6.45, 7) is 9.56. The van der Waals surface area contributed by atoms with E-state index in [1.807, 2.05) is 0 Å². The van der Waals surface area contributed by atoms with Crippen molar-refractivity contribution in [3.05, 3.63) is 0 Å². The van der Waals surface area contributed by atoms with Gasteiger partial charge in [-0.3, -0.25) is 18.0 Å². The predicted molar refractivity (Wildman–Crippen MR) is 176 cm³/mol. The normalized spacial score (nSPS) is 49.6. The van der Waals surface area contributed by atoms with Crippen LogP contribution in [0.3, 0.4) is 0 Å². The molecule has 0 radical (unpaired) electrons. The van der Waals surface area contributed by atoms with Gasteiger partial charge in [0.1, 0.15) is 11.6 Å². The monoisotopic (exact) mass is 722 g/mol. The van der Waals surface area contributed by atoms with Crippen molar-refractivity contribution in [1.82, 2.24) is 0 Å². The molecule has 0 heterocycles. The van der Waals surface area contributed by atoms with E-state index in [9.17, 15) is 19.8 Å². The molecular formula is C38H60Na2O8S. The summed E-state index contributed by atoms with van der Waals surface area (Å²) >= 11 is 0. The molecule has 49 heavy (non-hydrogen) atoms. The van der Waals surface area contributed by atoms with Crippen molar-refractivity contribution in [2.24, 2.45) is 69.0 Å². The topological polar surface area (TPSA) is 155 Å². The fourth-order valence-electron chi connectivity index (χ4n) is 14.0. The maximum absolute atomic E-state index is 12.4. The number of aliphatic hydroxyl groups is 2. The molecule has 0 bridgehead atoms. The molecule has 8 aliphatic carbocycles. The molecule has 8 aliphatic rings. The Hall–Kier alpha value is 1.13. The second-order valence-corrected chi connectivity index (χ2v) is 19.2. The van der Waals surface area contributed by atoms with Gasteiger partial charge in [-0.1, -0.05) is 27.7 Å². The second kappa shape index (κ2) is 15.7. The Kier molecular flexibility index (Phi) is 13.7. The Morgan fingerprint density at radius 2 is 0.898 bits per heavy atom. The van der Waals surface area contributed by atoms with Gasteiger partial charge in [0.05, 0.1) is 12.2 Å². The van der Waals surface area contributed by atoms with Crippen LogP contribution in [0.4, 0.5) is 0 Å². The molecule has 0 aromatic heterocycles. The van der Waals surface area contributed by atoms with E-state index in [-0.39, 0.29) is 82.2 Å². The first-order valence-corrected chi connectivity index (χ1v) is 20.3. The van der Waals surface area contributed by atoms with Crippen molar-refractivity contribution < 1.29 is 96.4 Å². The Morgan fingerprint density at radius 3 is 1.24 bits per heavy atom. The summed E-state index contributed by atoms with van der Waals surface area (Å²) in [5.74, 6) is 7.07. The van der Waals surface area contributed by atoms with E-state index in [0.717, 1.165) is 99.7 Å². The van der Waals surface area contributed by atoms with Gasteiger partial charge in [-0.25, -0.2) is 0 Å². The molecule has 0 aromatic carbocycles. The standard InChI is InChI=1S/2C19H30O2.2Na.H2O4S/c2*1-18-9-7-13(20)11-12(18)3-4-14-15-5-6-17(21)19(15,2)10-8-16(14)18;;;1-5(2,3)4/h2*12-16,20H,3-11H2,1-2H3;;;(H2,1,2,3,4)/q;;2*+1;/p-2/t12?,13-,14?,15?,16?,18+,19+;12?,13-,14-,15?,16-,18+,19+;;;/m11.../s1. The van der Waals surface area contributed by atoms with Gasteiger partial charge in [0.25, 0.3) is 0 Å². The molecule has 2 N–H and O–H groups in total. The van der Waals surface area contributed by atoms with Crippen molar-refractivity contribution in [3.63, 3.8) is 0 Å². The molecule has 8 saturated carbocycles. The van der Waals surface area contributed by atoms with Gasteiger partial charge in [0, 0.05) is 34.1 Å². The number of carbonyl (C=O) groups is 2. The first-order valence-electron chi connectivity index (χ1n) is 19.0. The van der Waals surface area contributed by atoms with Crippen molar-refractivity contribution in [1.29, 1.82) is 0 Å². The van der Waals surface area contributed by atoms with Crippen molar-refractivity contribution >= 4 is 22.0 Å². The molecule has 0 saturated heterocycles.